The number of hydrogen-bond acceptors (Lipinski definition) is 1. The van der Waals surface area contributed by atoms with Crippen LogP contribution in [0.15, 0.2) is 35.5 Å². The van der Waals surface area contributed by atoms with E-state index in [4.69, 9.17) is 5.73 Å². The highest BCUT2D eigenvalue weighted by Crippen LogP contribution is 1.96. The van der Waals surface area contributed by atoms with Gasteiger partial charge in [0.2, 0.25) is 5.91 Å². The Morgan fingerprint density at radius 3 is 2.25 bits per heavy atom. The molecule has 0 aliphatic carbocycles. The van der Waals surface area contributed by atoms with Gasteiger partial charge in [-0.15, -0.1) is 0 Å². The molecule has 0 bridgehead atoms. The van der Waals surface area contributed by atoms with Gasteiger partial charge in [-0.05, 0) is 26.3 Å². The predicted octanol–water partition coefficient (Wildman–Crippen LogP) is 1.94. The van der Waals surface area contributed by atoms with Crippen molar-refractivity contribution in [2.24, 2.45) is 5.73 Å². The van der Waals surface area contributed by atoms with Gasteiger partial charge in [0, 0.05) is 6.08 Å². The van der Waals surface area contributed by atoms with Gasteiger partial charge in [0.05, 0.1) is 0 Å². The van der Waals surface area contributed by atoms with Crippen molar-refractivity contribution < 1.29 is 4.79 Å². The van der Waals surface area contributed by atoms with E-state index in [1.54, 1.807) is 0 Å². The average molecular weight is 165 g/mol. The zero-order chi connectivity index (χ0) is 9.56. The first-order chi connectivity index (χ1) is 5.52. The molecule has 0 fully saturated rings. The fourth-order valence-corrected chi connectivity index (χ4v) is 0.665. The maximum Gasteiger partial charge on any atom is 0.241 e. The summed E-state index contributed by atoms with van der Waals surface area (Å²) in [4.78, 5) is 10.4. The topological polar surface area (TPSA) is 43.1 Å². The van der Waals surface area contributed by atoms with Crippen LogP contribution in [0.25, 0.3) is 0 Å². The maximum absolute atomic E-state index is 10.4. The molecular weight excluding hydrogens is 150 g/mol. The smallest absolute Gasteiger partial charge is 0.241 e. The summed E-state index contributed by atoms with van der Waals surface area (Å²) in [5.41, 5.74) is 7.04. The third-order valence-electron chi connectivity index (χ3n) is 1.16. The third-order valence-corrected chi connectivity index (χ3v) is 1.16. The number of rotatable bonds is 3. The standard InChI is InChI=1S/C10H15NO/c1-8(2)5-4-6-9(3)7-10(11)12/h4-7H,1-3H3,(H2,11,12)/b6-4+,9-7-. The van der Waals surface area contributed by atoms with Crippen LogP contribution in [0.5, 0.6) is 0 Å². The molecule has 0 heterocycles. The predicted molar refractivity (Wildman–Crippen MR) is 51.5 cm³/mol. The second kappa shape index (κ2) is 5.35. The molecule has 66 valence electrons. The lowest BCUT2D eigenvalue weighted by atomic mass is 10.2. The number of carbonyl (C=O) groups is 1. The molecule has 0 aromatic carbocycles. The molecule has 0 rings (SSSR count). The molecule has 0 aliphatic rings. The van der Waals surface area contributed by atoms with Gasteiger partial charge in [0.25, 0.3) is 0 Å². The van der Waals surface area contributed by atoms with E-state index in [-0.39, 0.29) is 0 Å². The minimum atomic E-state index is -0.408. The molecule has 0 spiro atoms. The summed E-state index contributed by atoms with van der Waals surface area (Å²) in [6, 6.07) is 0. The number of allylic oxidation sites excluding steroid dienone is 5. The van der Waals surface area contributed by atoms with Gasteiger partial charge in [-0.1, -0.05) is 23.8 Å². The molecule has 0 saturated carbocycles. The lowest BCUT2D eigenvalue weighted by Gasteiger charge is -1.87. The highest BCUT2D eigenvalue weighted by atomic mass is 16.1. The zero-order valence-electron chi connectivity index (χ0n) is 7.79. The Labute approximate surface area is 73.5 Å². The van der Waals surface area contributed by atoms with Crippen LogP contribution in [-0.4, -0.2) is 5.91 Å². The Hall–Kier alpha value is -1.31. The van der Waals surface area contributed by atoms with Crippen molar-refractivity contribution >= 4 is 5.91 Å². The lowest BCUT2D eigenvalue weighted by molar-refractivity contribution is -0.113. The molecule has 2 nitrogen and oxygen atoms in total. The Bertz CT molecular complexity index is 243. The molecular formula is C10H15NO. The van der Waals surface area contributed by atoms with Crippen LogP contribution < -0.4 is 5.73 Å². The molecule has 12 heavy (non-hydrogen) atoms. The summed E-state index contributed by atoms with van der Waals surface area (Å²) in [5, 5.41) is 0. The Kier molecular flexibility index (Phi) is 4.77. The minimum Gasteiger partial charge on any atom is -0.366 e. The Balaban J connectivity index is 4.18. The second-order valence-electron chi connectivity index (χ2n) is 2.89. The minimum absolute atomic E-state index is 0.408. The van der Waals surface area contributed by atoms with E-state index in [0.29, 0.717) is 0 Å². The van der Waals surface area contributed by atoms with Gasteiger partial charge in [-0.2, -0.15) is 0 Å². The van der Waals surface area contributed by atoms with Gasteiger partial charge in [-0.25, -0.2) is 0 Å². The van der Waals surface area contributed by atoms with Crippen molar-refractivity contribution in [1.29, 1.82) is 0 Å². The summed E-state index contributed by atoms with van der Waals surface area (Å²) < 4.78 is 0. The van der Waals surface area contributed by atoms with Gasteiger partial charge < -0.3 is 5.73 Å². The van der Waals surface area contributed by atoms with Crippen LogP contribution in [0.4, 0.5) is 0 Å². The normalized spacial score (nSPS) is 11.8. The van der Waals surface area contributed by atoms with Crippen molar-refractivity contribution in [2.75, 3.05) is 0 Å². The summed E-state index contributed by atoms with van der Waals surface area (Å²) in [7, 11) is 0. The fourth-order valence-electron chi connectivity index (χ4n) is 0.665. The zero-order valence-corrected chi connectivity index (χ0v) is 7.79. The van der Waals surface area contributed by atoms with Crippen LogP contribution >= 0.6 is 0 Å². The van der Waals surface area contributed by atoms with Crippen LogP contribution in [0.2, 0.25) is 0 Å². The first kappa shape index (κ1) is 10.7. The van der Waals surface area contributed by atoms with Crippen LogP contribution in [0.1, 0.15) is 20.8 Å². The van der Waals surface area contributed by atoms with E-state index in [9.17, 15) is 4.79 Å². The Morgan fingerprint density at radius 1 is 1.25 bits per heavy atom. The Morgan fingerprint density at radius 2 is 1.83 bits per heavy atom. The van der Waals surface area contributed by atoms with Crippen molar-refractivity contribution in [3.05, 3.63) is 35.5 Å². The molecule has 2 heteroatoms. The largest absolute Gasteiger partial charge is 0.366 e. The molecule has 0 aliphatic heterocycles. The number of nitrogens with two attached hydrogens (primary N) is 1. The van der Waals surface area contributed by atoms with E-state index in [1.165, 1.54) is 11.6 Å². The highest BCUT2D eigenvalue weighted by Gasteiger charge is 1.85. The molecule has 0 unspecified atom stereocenters. The number of amides is 1. The fraction of sp³-hybridized carbons (Fsp3) is 0.300. The molecule has 0 aromatic rings. The summed E-state index contributed by atoms with van der Waals surface area (Å²) in [6.45, 7) is 5.86. The van der Waals surface area contributed by atoms with Gasteiger partial charge in [-0.3, -0.25) is 4.79 Å². The van der Waals surface area contributed by atoms with E-state index in [0.717, 1.165) is 5.57 Å². The first-order valence-electron chi connectivity index (χ1n) is 3.81. The summed E-state index contributed by atoms with van der Waals surface area (Å²) >= 11 is 0. The number of hydrogen-bond donors (Lipinski definition) is 1. The van der Waals surface area contributed by atoms with E-state index >= 15 is 0 Å². The molecule has 0 radical (unpaired) electrons. The third kappa shape index (κ3) is 6.81. The van der Waals surface area contributed by atoms with Crippen LogP contribution in [-0.2, 0) is 4.79 Å². The first-order valence-corrected chi connectivity index (χ1v) is 3.81. The number of primary amides is 1. The quantitative estimate of drug-likeness (QED) is 0.504. The summed E-state index contributed by atoms with van der Waals surface area (Å²) in [6.07, 6.45) is 7.11. The molecule has 0 aromatic heterocycles. The highest BCUT2D eigenvalue weighted by molar-refractivity contribution is 5.86. The van der Waals surface area contributed by atoms with E-state index in [1.807, 2.05) is 39.0 Å². The molecule has 1 amide bonds. The lowest BCUT2D eigenvalue weighted by Crippen LogP contribution is -2.06. The van der Waals surface area contributed by atoms with Gasteiger partial charge in [0.15, 0.2) is 0 Å². The SMILES string of the molecule is CC(C)=C/C=C/C(C)=C\C(N)=O. The maximum atomic E-state index is 10.4. The van der Waals surface area contributed by atoms with Crippen LogP contribution in [0, 0.1) is 0 Å². The van der Waals surface area contributed by atoms with E-state index in [2.05, 4.69) is 0 Å². The van der Waals surface area contributed by atoms with Crippen molar-refractivity contribution in [3.63, 3.8) is 0 Å². The average Bonchev–Trinajstić information content (AvgIpc) is 1.84. The summed E-state index contributed by atoms with van der Waals surface area (Å²) in [5.74, 6) is -0.408. The van der Waals surface area contributed by atoms with E-state index < -0.39 is 5.91 Å². The van der Waals surface area contributed by atoms with Gasteiger partial charge in [0.1, 0.15) is 0 Å². The van der Waals surface area contributed by atoms with Crippen molar-refractivity contribution in [3.8, 4) is 0 Å². The van der Waals surface area contributed by atoms with Crippen molar-refractivity contribution in [2.45, 2.75) is 20.8 Å². The molecule has 0 atom stereocenters. The second-order valence-corrected chi connectivity index (χ2v) is 2.89. The van der Waals surface area contributed by atoms with Crippen LogP contribution in [0.3, 0.4) is 0 Å². The van der Waals surface area contributed by atoms with Gasteiger partial charge >= 0.3 is 0 Å². The molecule has 0 saturated heterocycles. The molecule has 2 N–H and O–H groups in total. The number of carbonyl (C=O) groups excluding carboxylic acids is 1. The monoisotopic (exact) mass is 165 g/mol. The van der Waals surface area contributed by atoms with Crippen molar-refractivity contribution in [1.82, 2.24) is 0 Å².